The summed E-state index contributed by atoms with van der Waals surface area (Å²) in [5.41, 5.74) is -0.193. The number of aryl methyl sites for hydroxylation is 1. The third kappa shape index (κ3) is 4.58. The molecule has 0 bridgehead atoms. The van der Waals surface area contributed by atoms with Crippen molar-refractivity contribution in [2.24, 2.45) is 24.8 Å². The smallest absolute Gasteiger partial charge is 0.381 e. The van der Waals surface area contributed by atoms with Crippen LogP contribution in [0.1, 0.15) is 31.2 Å². The van der Waals surface area contributed by atoms with Crippen molar-refractivity contribution in [2.45, 2.75) is 43.2 Å². The molecule has 4 heterocycles. The average molecular weight is 470 g/mol. The highest BCUT2D eigenvalue weighted by Gasteiger charge is 2.47. The monoisotopic (exact) mass is 470 g/mol. The minimum Gasteiger partial charge on any atom is -0.381 e. The summed E-state index contributed by atoms with van der Waals surface area (Å²) in [5, 5.41) is 14.1. The van der Waals surface area contributed by atoms with E-state index in [9.17, 15) is 13.2 Å². The normalized spacial score (nSPS) is 26.6. The van der Waals surface area contributed by atoms with E-state index in [1.807, 2.05) is 0 Å². The van der Waals surface area contributed by atoms with Gasteiger partial charge in [0.25, 0.3) is 0 Å². The first kappa shape index (κ1) is 23.7. The maximum Gasteiger partial charge on any atom is 0.420 e. The zero-order chi connectivity index (χ0) is 24.1. The number of nitrogens with one attached hydrogen (secondary N) is 1. The minimum absolute atomic E-state index is 0.107. The summed E-state index contributed by atoms with van der Waals surface area (Å²) >= 11 is 0. The number of hydrogen-bond acceptors (Lipinski definition) is 6. The Morgan fingerprint density at radius 1 is 1.09 bits per heavy atom. The first-order valence-corrected chi connectivity index (χ1v) is 11.7. The van der Waals surface area contributed by atoms with Crippen molar-refractivity contribution in [1.82, 2.24) is 24.9 Å². The number of rotatable bonds is 5. The van der Waals surface area contributed by atoms with Crippen LogP contribution >= 0.6 is 0 Å². The first-order valence-electron chi connectivity index (χ1n) is 11.7. The van der Waals surface area contributed by atoms with Crippen LogP contribution in [0.25, 0.3) is 11.3 Å². The molecule has 1 saturated carbocycles. The molecule has 2 aromatic heterocycles. The third-order valence-electron chi connectivity index (χ3n) is 7.61. The van der Waals surface area contributed by atoms with E-state index in [4.69, 9.17) is 20.4 Å². The van der Waals surface area contributed by atoms with E-state index >= 15 is 0 Å². The number of nitrogens with zero attached hydrogens (tertiary/aromatic N) is 5. The Balaban J connectivity index is 1.26. The third-order valence-corrected chi connectivity index (χ3v) is 7.61. The Morgan fingerprint density at radius 2 is 1.76 bits per heavy atom. The molecular weight excluding hydrogens is 443 g/mol. The molecule has 1 N–H and O–H groups in total. The Morgan fingerprint density at radius 3 is 2.35 bits per heavy atom. The molecule has 34 heavy (non-hydrogen) atoms. The van der Waals surface area contributed by atoms with Crippen LogP contribution in [0.2, 0.25) is 0 Å². The topological polar surface area (TPSA) is 68.1 Å². The minimum atomic E-state index is -4.55. The van der Waals surface area contributed by atoms with Crippen LogP contribution < -0.4 is 5.32 Å². The van der Waals surface area contributed by atoms with Gasteiger partial charge in [-0.1, -0.05) is 5.34 Å². The van der Waals surface area contributed by atoms with Crippen LogP contribution in [-0.4, -0.2) is 78.3 Å². The Labute approximate surface area is 199 Å². The second kappa shape index (κ2) is 8.86. The van der Waals surface area contributed by atoms with Gasteiger partial charge < -0.3 is 15.0 Å². The first-order chi connectivity index (χ1) is 16.1. The van der Waals surface area contributed by atoms with Crippen LogP contribution in [0.3, 0.4) is 0 Å². The lowest BCUT2D eigenvalue weighted by Gasteiger charge is -2.45. The predicted molar refractivity (Wildman–Crippen MR) is 122 cm³/mol. The van der Waals surface area contributed by atoms with Gasteiger partial charge in [-0.05, 0) is 49.5 Å². The standard InChI is InChI=1S/C22H27B2F3N6O/c1-32-10-15(9-28-32)19-8-18(22(25,26)27)20(31-30-19)29-17-6-13-11-33(12-14(13)7-17)21(23,24)16-2-4-34-5-3-16/h8-10,13-14,16-17H,2-7,11-12H2,1H3,(H,29,31)/t13-,14+,17?. The van der Waals surface area contributed by atoms with Gasteiger partial charge in [-0.15, -0.1) is 10.2 Å². The van der Waals surface area contributed by atoms with Gasteiger partial charge in [0.15, 0.2) is 5.82 Å². The molecule has 2 aromatic rings. The molecule has 3 aliphatic rings. The van der Waals surface area contributed by atoms with E-state index in [2.05, 4.69) is 25.5 Å². The molecule has 4 radical (unpaired) electrons. The number of likely N-dealkylation sites (tertiary alicyclic amines) is 1. The second-order valence-electron chi connectivity index (χ2n) is 9.90. The molecule has 1 aliphatic carbocycles. The highest BCUT2D eigenvalue weighted by molar-refractivity contribution is 6.40. The molecule has 3 fully saturated rings. The van der Waals surface area contributed by atoms with Crippen molar-refractivity contribution in [2.75, 3.05) is 31.6 Å². The van der Waals surface area contributed by atoms with Crippen LogP contribution in [-0.2, 0) is 18.0 Å². The van der Waals surface area contributed by atoms with Crippen molar-refractivity contribution < 1.29 is 17.9 Å². The fourth-order valence-electron chi connectivity index (χ4n) is 5.75. The number of alkyl halides is 3. The molecule has 0 amide bonds. The molecule has 1 unspecified atom stereocenters. The molecule has 3 atom stereocenters. The van der Waals surface area contributed by atoms with Crippen molar-refractivity contribution in [3.8, 4) is 11.3 Å². The van der Waals surface area contributed by atoms with Crippen LogP contribution in [0.15, 0.2) is 18.5 Å². The summed E-state index contributed by atoms with van der Waals surface area (Å²) in [5.74, 6) is 0.620. The van der Waals surface area contributed by atoms with Crippen molar-refractivity contribution in [1.29, 1.82) is 0 Å². The number of ether oxygens (including phenoxy) is 1. The maximum atomic E-state index is 13.8. The van der Waals surface area contributed by atoms with Gasteiger partial charge in [0.05, 0.1) is 27.6 Å². The summed E-state index contributed by atoms with van der Waals surface area (Å²) in [6, 6.07) is 0.930. The quantitative estimate of drug-likeness (QED) is 0.678. The van der Waals surface area contributed by atoms with Gasteiger partial charge in [-0.3, -0.25) is 4.68 Å². The molecular formula is C22H27B2F3N6O. The molecule has 2 saturated heterocycles. The highest BCUT2D eigenvalue weighted by Crippen LogP contribution is 2.44. The van der Waals surface area contributed by atoms with Gasteiger partial charge >= 0.3 is 6.18 Å². The van der Waals surface area contributed by atoms with E-state index in [0.717, 1.165) is 44.8 Å². The largest absolute Gasteiger partial charge is 0.420 e. The number of aromatic nitrogens is 4. The predicted octanol–water partition coefficient (Wildman–Crippen LogP) is 2.44. The van der Waals surface area contributed by atoms with Crippen LogP contribution in [0.4, 0.5) is 19.0 Å². The summed E-state index contributed by atoms with van der Waals surface area (Å²) in [7, 11) is 14.8. The van der Waals surface area contributed by atoms with Crippen LogP contribution in [0, 0.1) is 17.8 Å². The molecule has 12 heteroatoms. The fourth-order valence-corrected chi connectivity index (χ4v) is 5.75. The zero-order valence-electron chi connectivity index (χ0n) is 19.1. The van der Waals surface area contributed by atoms with Crippen molar-refractivity contribution in [3.05, 3.63) is 24.0 Å². The van der Waals surface area contributed by atoms with E-state index in [1.54, 1.807) is 13.2 Å². The van der Waals surface area contributed by atoms with Gasteiger partial charge in [-0.25, -0.2) is 0 Å². The van der Waals surface area contributed by atoms with Gasteiger partial charge in [0, 0.05) is 51.2 Å². The van der Waals surface area contributed by atoms with Gasteiger partial charge in [-0.2, -0.15) is 18.3 Å². The second-order valence-corrected chi connectivity index (χ2v) is 9.90. The van der Waals surface area contributed by atoms with Crippen molar-refractivity contribution in [3.63, 3.8) is 0 Å². The SMILES string of the molecule is [B]C([B])(C1CCOCC1)N1C[C@H]2CC(Nc3nnc(-c4cnn(C)c4)cc3C(F)(F)F)C[C@H]2C1. The molecule has 178 valence electrons. The number of halogens is 3. The van der Waals surface area contributed by atoms with E-state index in [0.29, 0.717) is 30.6 Å². The summed E-state index contributed by atoms with van der Waals surface area (Å²) < 4.78 is 48.5. The van der Waals surface area contributed by atoms with E-state index < -0.39 is 17.1 Å². The van der Waals surface area contributed by atoms with Crippen LogP contribution in [0.5, 0.6) is 0 Å². The number of fused-ring (bicyclic) bond motifs is 1. The van der Waals surface area contributed by atoms with E-state index in [-0.39, 0.29) is 23.5 Å². The lowest BCUT2D eigenvalue weighted by atomic mass is 9.52. The fraction of sp³-hybridized carbons (Fsp3) is 0.682. The summed E-state index contributed by atoms with van der Waals surface area (Å²) in [6.07, 6.45) is 1.70. The average Bonchev–Trinajstić information content (AvgIpc) is 3.49. The number of anilines is 1. The number of hydrogen-bond donors (Lipinski definition) is 1. The molecule has 5 rings (SSSR count). The Bertz CT molecular complexity index is 1010. The Hall–Kier alpha value is -2.07. The summed E-state index contributed by atoms with van der Waals surface area (Å²) in [4.78, 5) is 2.16. The zero-order valence-corrected chi connectivity index (χ0v) is 19.1. The molecule has 2 aliphatic heterocycles. The molecule has 0 spiro atoms. The maximum absolute atomic E-state index is 13.8. The van der Waals surface area contributed by atoms with Gasteiger partial charge in [0.2, 0.25) is 0 Å². The molecule has 0 aromatic carbocycles. The molecule has 7 nitrogen and oxygen atoms in total. The van der Waals surface area contributed by atoms with E-state index in [1.165, 1.54) is 10.9 Å². The summed E-state index contributed by atoms with van der Waals surface area (Å²) in [6.45, 7) is 2.86. The highest BCUT2D eigenvalue weighted by atomic mass is 19.4. The van der Waals surface area contributed by atoms with Crippen molar-refractivity contribution >= 4 is 21.5 Å². The lowest BCUT2D eigenvalue weighted by molar-refractivity contribution is -0.137. The van der Waals surface area contributed by atoms with Gasteiger partial charge in [0.1, 0.15) is 5.56 Å². The lowest BCUT2D eigenvalue weighted by Crippen LogP contribution is -2.56. The Kier molecular flexibility index (Phi) is 6.16.